The number of anilines is 1. The maximum Gasteiger partial charge on any atom is 0.320 e. The van der Waals surface area contributed by atoms with E-state index in [1.54, 1.807) is 24.3 Å². The zero-order valence-corrected chi connectivity index (χ0v) is 15.9. The third-order valence-corrected chi connectivity index (χ3v) is 4.32. The molecule has 1 amide bonds. The van der Waals surface area contributed by atoms with Gasteiger partial charge in [0.15, 0.2) is 0 Å². The normalized spacial score (nSPS) is 12.9. The van der Waals surface area contributed by atoms with Gasteiger partial charge in [0, 0.05) is 5.69 Å². The number of carboxylic acids is 1. The molecule has 6 nitrogen and oxygen atoms in total. The van der Waals surface area contributed by atoms with E-state index in [0.717, 1.165) is 11.3 Å². The van der Waals surface area contributed by atoms with Crippen LogP contribution in [0.15, 0.2) is 48.5 Å². The maximum absolute atomic E-state index is 12.1. The zero-order chi connectivity index (χ0) is 19.8. The van der Waals surface area contributed by atoms with Gasteiger partial charge in [-0.3, -0.25) is 14.9 Å². The van der Waals surface area contributed by atoms with Gasteiger partial charge in [0.2, 0.25) is 5.91 Å². The highest BCUT2D eigenvalue weighted by atomic mass is 16.5. The molecule has 0 aromatic heterocycles. The van der Waals surface area contributed by atoms with E-state index in [1.807, 2.05) is 45.0 Å². The lowest BCUT2D eigenvalue weighted by Gasteiger charge is -2.19. The number of hydrogen-bond donors (Lipinski definition) is 3. The SMILES string of the molecule is CC[C@H](C)[C@H](NCC(=O)Nc1ccc(Oc2cccc(C)c2)cc1)C(=O)O. The predicted octanol–water partition coefficient (Wildman–Crippen LogP) is 3.81. The van der Waals surface area contributed by atoms with E-state index in [4.69, 9.17) is 4.74 Å². The van der Waals surface area contributed by atoms with Gasteiger partial charge in [0.1, 0.15) is 17.5 Å². The van der Waals surface area contributed by atoms with Crippen LogP contribution in [0.4, 0.5) is 5.69 Å². The summed E-state index contributed by atoms with van der Waals surface area (Å²) in [7, 11) is 0. The van der Waals surface area contributed by atoms with E-state index in [1.165, 1.54) is 0 Å². The van der Waals surface area contributed by atoms with Gasteiger partial charge in [-0.25, -0.2) is 0 Å². The first-order valence-corrected chi connectivity index (χ1v) is 8.99. The highest BCUT2D eigenvalue weighted by Crippen LogP contribution is 2.23. The van der Waals surface area contributed by atoms with Gasteiger partial charge < -0.3 is 15.2 Å². The van der Waals surface area contributed by atoms with E-state index in [2.05, 4.69) is 10.6 Å². The molecule has 0 spiro atoms. The van der Waals surface area contributed by atoms with Crippen LogP contribution in [0.1, 0.15) is 25.8 Å². The smallest absolute Gasteiger partial charge is 0.320 e. The fourth-order valence-electron chi connectivity index (χ4n) is 2.60. The van der Waals surface area contributed by atoms with Crippen LogP contribution in [-0.2, 0) is 9.59 Å². The lowest BCUT2D eigenvalue weighted by atomic mass is 9.99. The van der Waals surface area contributed by atoms with E-state index in [-0.39, 0.29) is 18.4 Å². The molecule has 2 aromatic carbocycles. The molecule has 0 fully saturated rings. The molecule has 2 rings (SSSR count). The Hall–Kier alpha value is -2.86. The van der Waals surface area contributed by atoms with E-state index in [9.17, 15) is 14.7 Å². The summed E-state index contributed by atoms with van der Waals surface area (Å²) in [4.78, 5) is 23.3. The van der Waals surface area contributed by atoms with Crippen molar-refractivity contribution in [2.45, 2.75) is 33.2 Å². The number of carboxylic acid groups (broad SMARTS) is 1. The number of rotatable bonds is 9. The summed E-state index contributed by atoms with van der Waals surface area (Å²) in [5, 5.41) is 14.8. The molecule has 3 N–H and O–H groups in total. The molecule has 6 heteroatoms. The molecular weight excluding hydrogens is 344 g/mol. The number of hydrogen-bond acceptors (Lipinski definition) is 4. The van der Waals surface area contributed by atoms with Gasteiger partial charge in [-0.2, -0.15) is 0 Å². The highest BCUT2D eigenvalue weighted by Gasteiger charge is 2.23. The van der Waals surface area contributed by atoms with Crippen molar-refractivity contribution in [3.63, 3.8) is 0 Å². The zero-order valence-electron chi connectivity index (χ0n) is 15.9. The fourth-order valence-corrected chi connectivity index (χ4v) is 2.60. The van der Waals surface area contributed by atoms with Crippen molar-refractivity contribution in [1.29, 1.82) is 0 Å². The van der Waals surface area contributed by atoms with Crippen LogP contribution in [0.3, 0.4) is 0 Å². The summed E-state index contributed by atoms with van der Waals surface area (Å²) in [6.45, 7) is 5.69. The Balaban J connectivity index is 1.88. The number of carbonyl (C=O) groups is 2. The molecular formula is C21H26N2O4. The van der Waals surface area contributed by atoms with Crippen LogP contribution in [0, 0.1) is 12.8 Å². The molecule has 0 heterocycles. The van der Waals surface area contributed by atoms with Crippen LogP contribution < -0.4 is 15.4 Å². The Kier molecular flexibility index (Phi) is 7.37. The number of aryl methyl sites for hydroxylation is 1. The first-order chi connectivity index (χ1) is 12.9. The van der Waals surface area contributed by atoms with E-state index in [0.29, 0.717) is 17.9 Å². The number of benzene rings is 2. The van der Waals surface area contributed by atoms with Crippen molar-refractivity contribution in [3.05, 3.63) is 54.1 Å². The van der Waals surface area contributed by atoms with Crippen LogP contribution in [-0.4, -0.2) is 29.6 Å². The number of aliphatic carboxylic acids is 1. The summed E-state index contributed by atoms with van der Waals surface area (Å²) in [6, 6.07) is 14.0. The van der Waals surface area contributed by atoms with Crippen LogP contribution in [0.2, 0.25) is 0 Å². The van der Waals surface area contributed by atoms with Gasteiger partial charge in [-0.05, 0) is 54.8 Å². The van der Waals surface area contributed by atoms with Crippen molar-refractivity contribution < 1.29 is 19.4 Å². The van der Waals surface area contributed by atoms with Gasteiger partial charge in [0.25, 0.3) is 0 Å². The summed E-state index contributed by atoms with van der Waals surface area (Å²) < 4.78 is 5.77. The molecule has 0 bridgehead atoms. The molecule has 0 aliphatic heterocycles. The average molecular weight is 370 g/mol. The molecule has 0 unspecified atom stereocenters. The second-order valence-corrected chi connectivity index (χ2v) is 6.57. The first kappa shape index (κ1) is 20.5. The topological polar surface area (TPSA) is 87.7 Å². The molecule has 2 atom stereocenters. The van der Waals surface area contributed by atoms with Crippen molar-refractivity contribution in [1.82, 2.24) is 5.32 Å². The molecule has 27 heavy (non-hydrogen) atoms. The largest absolute Gasteiger partial charge is 0.480 e. The minimum absolute atomic E-state index is 0.0617. The number of nitrogens with one attached hydrogen (secondary N) is 2. The second kappa shape index (κ2) is 9.73. The molecule has 144 valence electrons. The lowest BCUT2D eigenvalue weighted by Crippen LogP contribution is -2.45. The lowest BCUT2D eigenvalue weighted by molar-refractivity contribution is -0.140. The van der Waals surface area contributed by atoms with Gasteiger partial charge in [0.05, 0.1) is 6.54 Å². The Bertz CT molecular complexity index is 774. The second-order valence-electron chi connectivity index (χ2n) is 6.57. The number of carbonyl (C=O) groups excluding carboxylic acids is 1. The van der Waals surface area contributed by atoms with Crippen molar-refractivity contribution in [2.75, 3.05) is 11.9 Å². The summed E-state index contributed by atoms with van der Waals surface area (Å²) in [5.74, 6) is 0.111. The summed E-state index contributed by atoms with van der Waals surface area (Å²) in [6.07, 6.45) is 0.716. The number of ether oxygens (including phenoxy) is 1. The standard InChI is InChI=1S/C21H26N2O4/c1-4-15(3)20(21(25)26)22-13-19(24)23-16-8-10-17(11-9-16)27-18-7-5-6-14(2)12-18/h5-12,15,20,22H,4,13H2,1-3H3,(H,23,24)(H,25,26)/t15-,20-/m0/s1. The molecule has 0 saturated heterocycles. The third-order valence-electron chi connectivity index (χ3n) is 4.32. The fraction of sp³-hybridized carbons (Fsp3) is 0.333. The van der Waals surface area contributed by atoms with E-state index < -0.39 is 12.0 Å². The van der Waals surface area contributed by atoms with Crippen LogP contribution in [0.25, 0.3) is 0 Å². The molecule has 0 aliphatic carbocycles. The highest BCUT2D eigenvalue weighted by molar-refractivity contribution is 5.92. The van der Waals surface area contributed by atoms with Crippen LogP contribution >= 0.6 is 0 Å². The predicted molar refractivity (Wildman–Crippen MR) is 105 cm³/mol. The monoisotopic (exact) mass is 370 g/mol. The molecule has 2 aromatic rings. The van der Waals surface area contributed by atoms with E-state index >= 15 is 0 Å². The van der Waals surface area contributed by atoms with Crippen LogP contribution in [0.5, 0.6) is 11.5 Å². The number of amides is 1. The first-order valence-electron chi connectivity index (χ1n) is 8.99. The third kappa shape index (κ3) is 6.42. The Morgan fingerprint density at radius 1 is 1.11 bits per heavy atom. The van der Waals surface area contributed by atoms with Gasteiger partial charge in [-0.15, -0.1) is 0 Å². The van der Waals surface area contributed by atoms with Gasteiger partial charge >= 0.3 is 5.97 Å². The minimum Gasteiger partial charge on any atom is -0.480 e. The maximum atomic E-state index is 12.1. The molecule has 0 aliphatic rings. The Morgan fingerprint density at radius 2 is 1.81 bits per heavy atom. The Labute approximate surface area is 159 Å². The van der Waals surface area contributed by atoms with Gasteiger partial charge in [-0.1, -0.05) is 32.4 Å². The van der Waals surface area contributed by atoms with Crippen molar-refractivity contribution in [3.8, 4) is 11.5 Å². The Morgan fingerprint density at radius 3 is 2.41 bits per heavy atom. The summed E-state index contributed by atoms with van der Waals surface area (Å²) >= 11 is 0. The summed E-state index contributed by atoms with van der Waals surface area (Å²) in [5.41, 5.74) is 1.73. The molecule has 0 radical (unpaired) electrons. The average Bonchev–Trinajstić information content (AvgIpc) is 2.63. The van der Waals surface area contributed by atoms with Crippen molar-refractivity contribution in [2.24, 2.45) is 5.92 Å². The molecule has 0 saturated carbocycles. The quantitative estimate of drug-likeness (QED) is 0.625. The minimum atomic E-state index is -0.949. The van der Waals surface area contributed by atoms with Crippen molar-refractivity contribution >= 4 is 17.6 Å².